The van der Waals surface area contributed by atoms with E-state index in [1.807, 2.05) is 0 Å². The van der Waals surface area contributed by atoms with E-state index in [0.717, 1.165) is 11.6 Å². The fourth-order valence-corrected chi connectivity index (χ4v) is 1.61. The van der Waals surface area contributed by atoms with Crippen molar-refractivity contribution < 1.29 is 0 Å². The second-order valence-electron chi connectivity index (χ2n) is 4.04. The highest BCUT2D eigenvalue weighted by Crippen LogP contribution is 2.38. The van der Waals surface area contributed by atoms with Crippen molar-refractivity contribution in [2.75, 3.05) is 0 Å². The quantitative estimate of drug-likeness (QED) is 0.771. The van der Waals surface area contributed by atoms with E-state index < -0.39 is 0 Å². The van der Waals surface area contributed by atoms with Crippen molar-refractivity contribution in [3.8, 4) is 0 Å². The summed E-state index contributed by atoms with van der Waals surface area (Å²) in [7, 11) is 0. The van der Waals surface area contributed by atoms with Crippen molar-refractivity contribution in [2.45, 2.75) is 51.4 Å². The van der Waals surface area contributed by atoms with Crippen LogP contribution in [0.5, 0.6) is 0 Å². The van der Waals surface area contributed by atoms with Gasteiger partial charge in [-0.3, -0.25) is 5.10 Å². The molecule has 0 saturated heterocycles. The van der Waals surface area contributed by atoms with Gasteiger partial charge in [-0.2, -0.15) is 5.10 Å². The lowest BCUT2D eigenvalue weighted by Crippen LogP contribution is -1.95. The SMILES string of the molecule is CCCC(C)c1n[nH]c(C2CC2)n1. The van der Waals surface area contributed by atoms with E-state index in [0.29, 0.717) is 11.8 Å². The van der Waals surface area contributed by atoms with Crippen LogP contribution < -0.4 is 0 Å². The lowest BCUT2D eigenvalue weighted by Gasteiger charge is -2.02. The van der Waals surface area contributed by atoms with E-state index in [1.165, 1.54) is 25.7 Å². The number of hydrogen-bond acceptors (Lipinski definition) is 2. The van der Waals surface area contributed by atoms with Crippen LogP contribution in [0.2, 0.25) is 0 Å². The molecule has 0 amide bonds. The van der Waals surface area contributed by atoms with Crippen LogP contribution >= 0.6 is 0 Å². The Kier molecular flexibility index (Phi) is 2.34. The average Bonchev–Trinajstić information content (AvgIpc) is 2.84. The van der Waals surface area contributed by atoms with Gasteiger partial charge in [-0.15, -0.1) is 0 Å². The number of nitrogens with one attached hydrogen (secondary N) is 1. The molecule has 0 bridgehead atoms. The van der Waals surface area contributed by atoms with Gasteiger partial charge in [0.1, 0.15) is 5.82 Å². The number of hydrogen-bond donors (Lipinski definition) is 1. The average molecular weight is 179 g/mol. The van der Waals surface area contributed by atoms with Crippen molar-refractivity contribution in [1.29, 1.82) is 0 Å². The highest BCUT2D eigenvalue weighted by atomic mass is 15.2. The minimum atomic E-state index is 0.508. The molecule has 3 heteroatoms. The molecule has 0 spiro atoms. The van der Waals surface area contributed by atoms with E-state index in [-0.39, 0.29) is 0 Å². The first-order chi connectivity index (χ1) is 6.31. The molecule has 1 heterocycles. The molecule has 0 aromatic carbocycles. The van der Waals surface area contributed by atoms with Gasteiger partial charge in [-0.25, -0.2) is 4.98 Å². The number of aromatic amines is 1. The number of H-pyrrole nitrogens is 1. The molecule has 1 unspecified atom stereocenters. The smallest absolute Gasteiger partial charge is 0.153 e. The van der Waals surface area contributed by atoms with Crippen molar-refractivity contribution in [2.24, 2.45) is 0 Å². The Morgan fingerprint density at radius 2 is 2.31 bits per heavy atom. The Morgan fingerprint density at radius 3 is 2.92 bits per heavy atom. The first-order valence-electron chi connectivity index (χ1n) is 5.23. The fourth-order valence-electron chi connectivity index (χ4n) is 1.61. The summed E-state index contributed by atoms with van der Waals surface area (Å²) in [6.07, 6.45) is 4.96. The molecule has 72 valence electrons. The van der Waals surface area contributed by atoms with Crippen molar-refractivity contribution in [1.82, 2.24) is 15.2 Å². The van der Waals surface area contributed by atoms with E-state index >= 15 is 0 Å². The normalized spacial score (nSPS) is 18.9. The van der Waals surface area contributed by atoms with E-state index in [4.69, 9.17) is 0 Å². The second-order valence-corrected chi connectivity index (χ2v) is 4.04. The summed E-state index contributed by atoms with van der Waals surface area (Å²) in [5, 5.41) is 7.31. The number of nitrogens with zero attached hydrogens (tertiary/aromatic N) is 2. The zero-order chi connectivity index (χ0) is 9.26. The maximum Gasteiger partial charge on any atom is 0.153 e. The van der Waals surface area contributed by atoms with Crippen LogP contribution in [0.25, 0.3) is 0 Å². The summed E-state index contributed by atoms with van der Waals surface area (Å²) in [6.45, 7) is 4.40. The molecule has 1 atom stereocenters. The van der Waals surface area contributed by atoms with Crippen molar-refractivity contribution >= 4 is 0 Å². The van der Waals surface area contributed by atoms with Crippen LogP contribution in [0.1, 0.15) is 63.0 Å². The minimum absolute atomic E-state index is 0.508. The molecule has 1 saturated carbocycles. The van der Waals surface area contributed by atoms with Gasteiger partial charge in [0, 0.05) is 11.8 Å². The predicted octanol–water partition coefficient (Wildman–Crippen LogP) is 2.59. The third kappa shape index (κ3) is 1.90. The predicted molar refractivity (Wildman–Crippen MR) is 51.7 cm³/mol. The zero-order valence-electron chi connectivity index (χ0n) is 8.38. The fraction of sp³-hybridized carbons (Fsp3) is 0.800. The molecule has 1 aliphatic carbocycles. The van der Waals surface area contributed by atoms with Gasteiger partial charge in [0.2, 0.25) is 0 Å². The summed E-state index contributed by atoms with van der Waals surface area (Å²) < 4.78 is 0. The minimum Gasteiger partial charge on any atom is -0.263 e. The number of rotatable bonds is 4. The molecule has 13 heavy (non-hydrogen) atoms. The lowest BCUT2D eigenvalue weighted by molar-refractivity contribution is 0.629. The molecular weight excluding hydrogens is 162 g/mol. The Balaban J connectivity index is 2.03. The van der Waals surface area contributed by atoms with Gasteiger partial charge in [-0.1, -0.05) is 20.3 Å². The van der Waals surface area contributed by atoms with Crippen molar-refractivity contribution in [3.05, 3.63) is 11.6 Å². The summed E-state index contributed by atoms with van der Waals surface area (Å²) in [6, 6.07) is 0. The van der Waals surface area contributed by atoms with Crippen LogP contribution in [0.4, 0.5) is 0 Å². The van der Waals surface area contributed by atoms with E-state index in [2.05, 4.69) is 29.0 Å². The highest BCUT2D eigenvalue weighted by molar-refractivity contribution is 5.06. The Hall–Kier alpha value is -0.860. The van der Waals surface area contributed by atoms with E-state index in [1.54, 1.807) is 0 Å². The van der Waals surface area contributed by atoms with Crippen LogP contribution in [0.15, 0.2) is 0 Å². The Bertz CT molecular complexity index is 275. The van der Waals surface area contributed by atoms with Crippen molar-refractivity contribution in [3.63, 3.8) is 0 Å². The monoisotopic (exact) mass is 179 g/mol. The molecule has 1 N–H and O–H groups in total. The molecule has 1 aliphatic rings. The highest BCUT2D eigenvalue weighted by Gasteiger charge is 2.27. The maximum absolute atomic E-state index is 4.52. The molecule has 3 nitrogen and oxygen atoms in total. The zero-order valence-corrected chi connectivity index (χ0v) is 8.38. The van der Waals surface area contributed by atoms with E-state index in [9.17, 15) is 0 Å². The van der Waals surface area contributed by atoms with Gasteiger partial charge in [0.15, 0.2) is 5.82 Å². The first-order valence-corrected chi connectivity index (χ1v) is 5.23. The van der Waals surface area contributed by atoms with Gasteiger partial charge >= 0.3 is 0 Å². The molecule has 0 radical (unpaired) electrons. The van der Waals surface area contributed by atoms with Gasteiger partial charge in [0.25, 0.3) is 0 Å². The molecule has 1 aromatic rings. The standard InChI is InChI=1S/C10H17N3/c1-3-4-7(2)9-11-10(13-12-9)8-5-6-8/h7-8H,3-6H2,1-2H3,(H,11,12,13). The van der Waals surface area contributed by atoms with Crippen LogP contribution in [-0.4, -0.2) is 15.2 Å². The molecular formula is C10H17N3. The number of aromatic nitrogens is 3. The lowest BCUT2D eigenvalue weighted by atomic mass is 10.1. The largest absolute Gasteiger partial charge is 0.263 e. The van der Waals surface area contributed by atoms with Gasteiger partial charge in [-0.05, 0) is 19.3 Å². The van der Waals surface area contributed by atoms with Gasteiger partial charge < -0.3 is 0 Å². The van der Waals surface area contributed by atoms with Crippen LogP contribution in [0, 0.1) is 0 Å². The molecule has 1 aromatic heterocycles. The molecule has 2 rings (SSSR count). The Morgan fingerprint density at radius 1 is 1.54 bits per heavy atom. The first kappa shape index (κ1) is 8.73. The third-order valence-corrected chi connectivity index (χ3v) is 2.65. The van der Waals surface area contributed by atoms with Gasteiger partial charge in [0.05, 0.1) is 0 Å². The van der Waals surface area contributed by atoms with Crippen LogP contribution in [0.3, 0.4) is 0 Å². The summed E-state index contributed by atoms with van der Waals surface area (Å²) in [4.78, 5) is 4.52. The van der Waals surface area contributed by atoms with Crippen LogP contribution in [-0.2, 0) is 0 Å². The topological polar surface area (TPSA) is 41.6 Å². The maximum atomic E-state index is 4.52. The summed E-state index contributed by atoms with van der Waals surface area (Å²) >= 11 is 0. The Labute approximate surface area is 79.0 Å². The summed E-state index contributed by atoms with van der Waals surface area (Å²) in [5.41, 5.74) is 0. The summed E-state index contributed by atoms with van der Waals surface area (Å²) in [5.74, 6) is 3.31. The molecule has 0 aliphatic heterocycles. The third-order valence-electron chi connectivity index (χ3n) is 2.65. The molecule has 1 fully saturated rings. The second kappa shape index (κ2) is 3.48.